The van der Waals surface area contributed by atoms with Gasteiger partial charge in [-0.25, -0.2) is 4.79 Å². The van der Waals surface area contributed by atoms with E-state index in [9.17, 15) is 18.0 Å². The van der Waals surface area contributed by atoms with Gasteiger partial charge < -0.3 is 9.47 Å². The van der Waals surface area contributed by atoms with Gasteiger partial charge in [-0.3, -0.25) is 0 Å². The van der Waals surface area contributed by atoms with Crippen molar-refractivity contribution in [1.29, 1.82) is 0 Å². The molecule has 0 saturated heterocycles. The molecule has 1 aromatic heterocycles. The molecule has 0 bridgehead atoms. The highest BCUT2D eigenvalue weighted by molar-refractivity contribution is 5.69. The van der Waals surface area contributed by atoms with Crippen molar-refractivity contribution in [3.8, 4) is 5.88 Å². The molecule has 1 aliphatic carbocycles. The predicted octanol–water partition coefficient (Wildman–Crippen LogP) is 3.00. The number of carbonyl (C=O) groups excluding carboxylic acids is 1. The molecule has 0 unspecified atom stereocenters. The van der Waals surface area contributed by atoms with Gasteiger partial charge in [0.05, 0.1) is 5.92 Å². The number of carbonyl (C=O) groups is 1. The summed E-state index contributed by atoms with van der Waals surface area (Å²) < 4.78 is 48.0. The van der Waals surface area contributed by atoms with Crippen molar-refractivity contribution in [2.45, 2.75) is 45.1 Å². The second kappa shape index (κ2) is 4.68. The van der Waals surface area contributed by atoms with Crippen LogP contribution in [0, 0.1) is 5.92 Å². The average Bonchev–Trinajstić information content (AvgIpc) is 2.84. The maximum absolute atomic E-state index is 12.3. The first-order valence-electron chi connectivity index (χ1n) is 6.09. The number of hydrogen-bond donors (Lipinski definition) is 0. The molecule has 0 spiro atoms. The first-order valence-corrected chi connectivity index (χ1v) is 6.09. The summed E-state index contributed by atoms with van der Waals surface area (Å²) in [5.74, 6) is -1.47. The van der Waals surface area contributed by atoms with E-state index in [1.54, 1.807) is 20.8 Å². The van der Waals surface area contributed by atoms with E-state index in [0.29, 0.717) is 0 Å². The lowest BCUT2D eigenvalue weighted by Gasteiger charge is -2.18. The van der Waals surface area contributed by atoms with Crippen LogP contribution in [0.15, 0.2) is 12.3 Å². The summed E-state index contributed by atoms with van der Waals surface area (Å²) in [7, 11) is 0. The van der Waals surface area contributed by atoms with Crippen LogP contribution in [0.4, 0.5) is 18.0 Å². The monoisotopic (exact) mass is 292 g/mol. The zero-order chi connectivity index (χ0) is 15.1. The quantitative estimate of drug-likeness (QED) is 0.841. The molecule has 1 aromatic rings. The molecule has 1 fully saturated rings. The molecule has 0 aromatic carbocycles. The maximum Gasteiger partial charge on any atom is 0.435 e. The minimum absolute atomic E-state index is 0.0207. The fourth-order valence-electron chi connectivity index (χ4n) is 1.58. The molecule has 2 atom stereocenters. The summed E-state index contributed by atoms with van der Waals surface area (Å²) in [5, 5.41) is 3.74. The van der Waals surface area contributed by atoms with Gasteiger partial charge in [-0.15, -0.1) is 5.10 Å². The summed E-state index contributed by atoms with van der Waals surface area (Å²) in [4.78, 5) is 11.6. The van der Waals surface area contributed by atoms with Crippen LogP contribution in [0.25, 0.3) is 0 Å². The Morgan fingerprint density at radius 1 is 1.40 bits per heavy atom. The highest BCUT2D eigenvalue weighted by atomic mass is 19.4. The van der Waals surface area contributed by atoms with Crippen LogP contribution in [-0.2, 0) is 4.74 Å². The Labute approximate surface area is 113 Å². The Balaban J connectivity index is 1.92. The van der Waals surface area contributed by atoms with E-state index in [2.05, 4.69) is 5.10 Å². The number of alkyl halides is 3. The average molecular weight is 292 g/mol. The fraction of sp³-hybridized carbons (Fsp3) is 0.667. The Bertz CT molecular complexity index is 505. The third kappa shape index (κ3) is 3.64. The van der Waals surface area contributed by atoms with Gasteiger partial charge in [0.1, 0.15) is 11.7 Å². The van der Waals surface area contributed by atoms with Crippen molar-refractivity contribution >= 4 is 6.09 Å². The Morgan fingerprint density at radius 2 is 2.05 bits per heavy atom. The molecule has 0 amide bonds. The van der Waals surface area contributed by atoms with Gasteiger partial charge in [-0.2, -0.15) is 17.9 Å². The van der Waals surface area contributed by atoms with Crippen molar-refractivity contribution in [3.63, 3.8) is 0 Å². The third-order valence-corrected chi connectivity index (χ3v) is 2.57. The van der Waals surface area contributed by atoms with E-state index in [0.717, 1.165) is 4.68 Å². The molecule has 1 heterocycles. The molecule has 1 aliphatic rings. The van der Waals surface area contributed by atoms with E-state index < -0.39 is 29.9 Å². The lowest BCUT2D eigenvalue weighted by molar-refractivity contribution is -0.153. The molecule has 0 N–H and O–H groups in total. The van der Waals surface area contributed by atoms with Crippen molar-refractivity contribution in [3.05, 3.63) is 12.3 Å². The van der Waals surface area contributed by atoms with Crippen LogP contribution in [-0.4, -0.2) is 33.8 Å². The molecule has 2 rings (SSSR count). The normalized spacial score (nSPS) is 22.5. The molecular formula is C12H15F3N2O3. The van der Waals surface area contributed by atoms with Gasteiger partial charge in [0, 0.05) is 12.3 Å². The number of rotatable bonds is 2. The first kappa shape index (κ1) is 14.7. The summed E-state index contributed by atoms with van der Waals surface area (Å²) in [5.41, 5.74) is -0.679. The predicted molar refractivity (Wildman–Crippen MR) is 62.4 cm³/mol. The molecule has 112 valence electrons. The minimum atomic E-state index is -4.25. The third-order valence-electron chi connectivity index (χ3n) is 2.57. The molecule has 0 radical (unpaired) electrons. The molecule has 5 nitrogen and oxygen atoms in total. The number of aromatic nitrogens is 2. The van der Waals surface area contributed by atoms with E-state index in [1.807, 2.05) is 0 Å². The van der Waals surface area contributed by atoms with Gasteiger partial charge in [0.25, 0.3) is 0 Å². The number of hydrogen-bond acceptors (Lipinski definition) is 4. The SMILES string of the molecule is CC(C)(C)OC(=O)n1ccc(O[C@H]2C[C@@H]2C(F)(F)F)n1. The first-order chi connectivity index (χ1) is 9.06. The molecule has 0 aliphatic heterocycles. The largest absolute Gasteiger partial charge is 0.473 e. The Morgan fingerprint density at radius 3 is 2.55 bits per heavy atom. The van der Waals surface area contributed by atoms with E-state index in [-0.39, 0.29) is 12.3 Å². The lowest BCUT2D eigenvalue weighted by Crippen LogP contribution is -2.27. The minimum Gasteiger partial charge on any atom is -0.473 e. The van der Waals surface area contributed by atoms with Gasteiger partial charge in [-0.1, -0.05) is 0 Å². The molecule has 8 heteroatoms. The van der Waals surface area contributed by atoms with Crippen LogP contribution < -0.4 is 4.74 Å². The van der Waals surface area contributed by atoms with Crippen LogP contribution in [0.5, 0.6) is 5.88 Å². The van der Waals surface area contributed by atoms with Crippen molar-refractivity contribution < 1.29 is 27.4 Å². The van der Waals surface area contributed by atoms with Gasteiger partial charge in [-0.05, 0) is 27.2 Å². The van der Waals surface area contributed by atoms with E-state index in [4.69, 9.17) is 9.47 Å². The van der Waals surface area contributed by atoms with Crippen LogP contribution >= 0.6 is 0 Å². The summed E-state index contributed by atoms with van der Waals surface area (Å²) in [6.07, 6.45) is -4.68. The molecule has 1 saturated carbocycles. The number of nitrogens with zero attached hydrogens (tertiary/aromatic N) is 2. The standard InChI is InChI=1S/C12H15F3N2O3/c1-11(2,3)20-10(18)17-5-4-9(16-17)19-8-6-7(8)12(13,14)15/h4-5,7-8H,6H2,1-3H3/t7-,8-/m0/s1. The second-order valence-electron chi connectivity index (χ2n) is 5.62. The van der Waals surface area contributed by atoms with Crippen LogP contribution in [0.3, 0.4) is 0 Å². The molecular weight excluding hydrogens is 277 g/mol. The summed E-state index contributed by atoms with van der Waals surface area (Å²) in [6.45, 7) is 5.10. The fourth-order valence-corrected chi connectivity index (χ4v) is 1.58. The Hall–Kier alpha value is -1.73. The zero-order valence-corrected chi connectivity index (χ0v) is 11.3. The number of ether oxygens (including phenoxy) is 2. The zero-order valence-electron chi connectivity index (χ0n) is 11.3. The highest BCUT2D eigenvalue weighted by Gasteiger charge is 2.57. The van der Waals surface area contributed by atoms with Crippen molar-refractivity contribution in [1.82, 2.24) is 9.78 Å². The topological polar surface area (TPSA) is 53.4 Å². The second-order valence-corrected chi connectivity index (χ2v) is 5.62. The Kier molecular flexibility index (Phi) is 3.43. The molecule has 20 heavy (non-hydrogen) atoms. The van der Waals surface area contributed by atoms with Crippen molar-refractivity contribution in [2.75, 3.05) is 0 Å². The van der Waals surface area contributed by atoms with Crippen LogP contribution in [0.1, 0.15) is 27.2 Å². The van der Waals surface area contributed by atoms with Crippen molar-refractivity contribution in [2.24, 2.45) is 5.92 Å². The summed E-state index contributed by atoms with van der Waals surface area (Å²) in [6, 6.07) is 1.33. The van der Waals surface area contributed by atoms with E-state index >= 15 is 0 Å². The lowest BCUT2D eigenvalue weighted by atomic mass is 10.2. The highest BCUT2D eigenvalue weighted by Crippen LogP contribution is 2.46. The number of halogens is 3. The van der Waals surface area contributed by atoms with Crippen LogP contribution in [0.2, 0.25) is 0 Å². The van der Waals surface area contributed by atoms with Gasteiger partial charge >= 0.3 is 12.3 Å². The maximum atomic E-state index is 12.3. The summed E-state index contributed by atoms with van der Waals surface area (Å²) >= 11 is 0. The smallest absolute Gasteiger partial charge is 0.435 e. The van der Waals surface area contributed by atoms with E-state index in [1.165, 1.54) is 12.3 Å². The van der Waals surface area contributed by atoms with Gasteiger partial charge in [0.15, 0.2) is 0 Å². The van der Waals surface area contributed by atoms with Gasteiger partial charge in [0.2, 0.25) is 5.88 Å².